The molecule has 0 amide bonds. The van der Waals surface area contributed by atoms with Gasteiger partial charge in [-0.1, -0.05) is 125 Å². The number of hydrogen-bond acceptors (Lipinski definition) is 2. The number of benzene rings is 6. The Kier molecular flexibility index (Phi) is 6.91. The van der Waals surface area contributed by atoms with E-state index in [1.807, 2.05) is 11.3 Å². The highest BCUT2D eigenvalue weighted by atomic mass is 32.1. The number of thiophene rings is 1. The van der Waals surface area contributed by atoms with Crippen molar-refractivity contribution in [1.82, 2.24) is 4.57 Å². The lowest BCUT2D eigenvalue weighted by Crippen LogP contribution is -2.33. The SMILES string of the molecule is CC1=C(/C=C(\C)c2ccc3c(c2)c2c4ccccc4sc2n3-c2ccccc2)C(C)(C)c2ccccc2N1c1ccc2c(c1)C(C)(C)c1ccccc1-2. The van der Waals surface area contributed by atoms with Crippen LogP contribution in [0.2, 0.25) is 0 Å². The van der Waals surface area contributed by atoms with Gasteiger partial charge in [0.25, 0.3) is 0 Å². The second kappa shape index (κ2) is 11.4. The minimum Gasteiger partial charge on any atom is -0.314 e. The molecular weight excluding hydrogens is 661 g/mol. The van der Waals surface area contributed by atoms with Crippen molar-refractivity contribution in [1.29, 1.82) is 0 Å². The van der Waals surface area contributed by atoms with E-state index in [0.29, 0.717) is 0 Å². The van der Waals surface area contributed by atoms with Gasteiger partial charge >= 0.3 is 0 Å². The zero-order valence-corrected chi connectivity index (χ0v) is 32.0. The van der Waals surface area contributed by atoms with Crippen molar-refractivity contribution in [3.05, 3.63) is 179 Å². The van der Waals surface area contributed by atoms with Crippen molar-refractivity contribution in [2.45, 2.75) is 52.4 Å². The molecule has 0 bridgehead atoms. The molecule has 10 rings (SSSR count). The second-order valence-electron chi connectivity index (χ2n) is 15.9. The molecule has 0 saturated carbocycles. The van der Waals surface area contributed by atoms with Gasteiger partial charge in [-0.2, -0.15) is 0 Å². The Labute approximate surface area is 316 Å². The molecule has 2 aliphatic rings. The molecular formula is C50H42N2S. The number of rotatable bonds is 4. The standard InChI is InChI=1S/C50H42N2S/c1-31(33-24-27-44-39(29-33)47-38-19-11-15-23-46(38)53-48(47)52(44)34-16-8-7-9-17-34)28-42-32(2)51(45-22-14-13-21-41(45)50(42,5)6)35-25-26-37-36-18-10-12-20-40(36)49(3,4)43(37)30-35/h7-30H,1-6H3/b31-28+. The van der Waals surface area contributed by atoms with Crippen molar-refractivity contribution < 1.29 is 0 Å². The van der Waals surface area contributed by atoms with Crippen LogP contribution in [0.4, 0.5) is 11.4 Å². The smallest absolute Gasteiger partial charge is 0.109 e. The van der Waals surface area contributed by atoms with Crippen molar-refractivity contribution in [3.63, 3.8) is 0 Å². The molecule has 0 N–H and O–H groups in total. The van der Waals surface area contributed by atoms with E-state index < -0.39 is 0 Å². The molecule has 8 aromatic rings. The van der Waals surface area contributed by atoms with Crippen LogP contribution >= 0.6 is 11.3 Å². The molecule has 0 unspecified atom stereocenters. The van der Waals surface area contributed by atoms with Gasteiger partial charge in [0, 0.05) is 54.4 Å². The molecule has 1 aliphatic carbocycles. The predicted octanol–water partition coefficient (Wildman–Crippen LogP) is 14.1. The van der Waals surface area contributed by atoms with Gasteiger partial charge in [-0.05, 0) is 107 Å². The Morgan fingerprint density at radius 1 is 0.604 bits per heavy atom. The lowest BCUT2D eigenvalue weighted by atomic mass is 9.72. The Morgan fingerprint density at radius 3 is 2.13 bits per heavy atom. The van der Waals surface area contributed by atoms with Gasteiger partial charge in [-0.25, -0.2) is 0 Å². The molecule has 1 aliphatic heterocycles. The van der Waals surface area contributed by atoms with Crippen LogP contribution in [0.3, 0.4) is 0 Å². The Hall–Kier alpha value is -5.64. The maximum Gasteiger partial charge on any atom is 0.109 e. The number of fused-ring (bicyclic) bond motifs is 9. The summed E-state index contributed by atoms with van der Waals surface area (Å²) in [7, 11) is 0. The van der Waals surface area contributed by atoms with Crippen LogP contribution < -0.4 is 4.90 Å². The molecule has 3 heterocycles. The molecule has 6 aromatic carbocycles. The molecule has 258 valence electrons. The first-order chi connectivity index (χ1) is 25.6. The van der Waals surface area contributed by atoms with Crippen LogP contribution in [0.15, 0.2) is 157 Å². The van der Waals surface area contributed by atoms with Crippen LogP contribution in [0.25, 0.3) is 53.6 Å². The minimum atomic E-state index is -0.192. The van der Waals surface area contributed by atoms with E-state index in [4.69, 9.17) is 0 Å². The van der Waals surface area contributed by atoms with Gasteiger partial charge in [0.2, 0.25) is 0 Å². The maximum atomic E-state index is 2.50. The van der Waals surface area contributed by atoms with Crippen LogP contribution in [0.1, 0.15) is 63.8 Å². The molecule has 0 atom stereocenters. The van der Waals surface area contributed by atoms with Gasteiger partial charge in [0.15, 0.2) is 0 Å². The summed E-state index contributed by atoms with van der Waals surface area (Å²) in [6, 6.07) is 51.7. The summed E-state index contributed by atoms with van der Waals surface area (Å²) in [5.74, 6) is 0. The van der Waals surface area contributed by atoms with E-state index in [9.17, 15) is 0 Å². The third-order valence-corrected chi connectivity index (χ3v) is 13.3. The lowest BCUT2D eigenvalue weighted by Gasteiger charge is -2.42. The molecule has 2 aromatic heterocycles. The average molecular weight is 703 g/mol. The van der Waals surface area contributed by atoms with Crippen LogP contribution in [-0.4, -0.2) is 4.57 Å². The van der Waals surface area contributed by atoms with E-state index in [1.165, 1.54) is 98.5 Å². The number of allylic oxidation sites excluding steroid dienone is 4. The molecule has 2 nitrogen and oxygen atoms in total. The second-order valence-corrected chi connectivity index (χ2v) is 16.9. The van der Waals surface area contributed by atoms with Crippen molar-refractivity contribution in [3.8, 4) is 16.8 Å². The highest BCUT2D eigenvalue weighted by molar-refractivity contribution is 7.25. The summed E-state index contributed by atoms with van der Waals surface area (Å²) in [6.45, 7) is 14.1. The highest BCUT2D eigenvalue weighted by Gasteiger charge is 2.39. The summed E-state index contributed by atoms with van der Waals surface area (Å²) in [6.07, 6.45) is 2.46. The Balaban J connectivity index is 1.14. The molecule has 0 spiro atoms. The third-order valence-electron chi connectivity index (χ3n) is 12.2. The first-order valence-corrected chi connectivity index (χ1v) is 19.5. The summed E-state index contributed by atoms with van der Waals surface area (Å²) in [4.78, 5) is 3.80. The van der Waals surface area contributed by atoms with Crippen molar-refractivity contribution in [2.75, 3.05) is 4.90 Å². The number of aromatic nitrogens is 1. The molecule has 0 radical (unpaired) electrons. The highest BCUT2D eigenvalue weighted by Crippen LogP contribution is 2.53. The topological polar surface area (TPSA) is 8.17 Å². The van der Waals surface area contributed by atoms with Gasteiger partial charge in [-0.15, -0.1) is 11.3 Å². The molecule has 0 fully saturated rings. The van der Waals surface area contributed by atoms with Gasteiger partial charge in [0.05, 0.1) is 5.52 Å². The number of hydrogen-bond donors (Lipinski definition) is 0. The van der Waals surface area contributed by atoms with E-state index in [0.717, 1.165) is 0 Å². The largest absolute Gasteiger partial charge is 0.314 e. The monoisotopic (exact) mass is 702 g/mol. The first kappa shape index (κ1) is 32.0. The number of nitrogens with zero attached hydrogens (tertiary/aromatic N) is 2. The summed E-state index contributed by atoms with van der Waals surface area (Å²) >= 11 is 1.88. The fraction of sp³-hybridized carbons (Fsp3) is 0.160. The molecule has 0 saturated heterocycles. The van der Waals surface area contributed by atoms with E-state index in [-0.39, 0.29) is 10.8 Å². The zero-order chi connectivity index (χ0) is 36.2. The quantitative estimate of drug-likeness (QED) is 0.177. The van der Waals surface area contributed by atoms with Crippen LogP contribution in [-0.2, 0) is 10.8 Å². The fourth-order valence-corrected chi connectivity index (χ4v) is 10.7. The third kappa shape index (κ3) is 4.57. The number of anilines is 2. The summed E-state index contributed by atoms with van der Waals surface area (Å²) in [5, 5.41) is 3.97. The lowest BCUT2D eigenvalue weighted by molar-refractivity contribution is 0.617. The van der Waals surface area contributed by atoms with E-state index in [1.54, 1.807) is 0 Å². The zero-order valence-electron chi connectivity index (χ0n) is 31.2. The van der Waals surface area contributed by atoms with Crippen molar-refractivity contribution >= 4 is 59.5 Å². The molecule has 3 heteroatoms. The number of para-hydroxylation sites is 2. The first-order valence-electron chi connectivity index (χ1n) is 18.7. The maximum absolute atomic E-state index is 2.50. The van der Waals surface area contributed by atoms with Crippen LogP contribution in [0.5, 0.6) is 0 Å². The average Bonchev–Trinajstić information content (AvgIpc) is 3.78. The van der Waals surface area contributed by atoms with Crippen LogP contribution in [0, 0.1) is 0 Å². The van der Waals surface area contributed by atoms with Gasteiger partial charge in [-0.3, -0.25) is 0 Å². The van der Waals surface area contributed by atoms with E-state index >= 15 is 0 Å². The normalized spacial score (nSPS) is 16.0. The van der Waals surface area contributed by atoms with Gasteiger partial charge in [0.1, 0.15) is 4.83 Å². The Bertz CT molecular complexity index is 2860. The van der Waals surface area contributed by atoms with E-state index in [2.05, 4.69) is 197 Å². The molecule has 53 heavy (non-hydrogen) atoms. The fourth-order valence-electron chi connectivity index (χ4n) is 9.41. The van der Waals surface area contributed by atoms with Crippen molar-refractivity contribution in [2.24, 2.45) is 0 Å². The predicted molar refractivity (Wildman–Crippen MR) is 228 cm³/mol. The summed E-state index contributed by atoms with van der Waals surface area (Å²) < 4.78 is 3.77. The summed E-state index contributed by atoms with van der Waals surface area (Å²) in [5.41, 5.74) is 16.6. The minimum absolute atomic E-state index is 0.0647. The van der Waals surface area contributed by atoms with Gasteiger partial charge < -0.3 is 9.47 Å². The Morgan fingerprint density at radius 2 is 1.30 bits per heavy atom.